The molecule has 94 valence electrons. The summed E-state index contributed by atoms with van der Waals surface area (Å²) in [7, 11) is 0. The quantitative estimate of drug-likeness (QED) is 0.770. The molecule has 1 atom stereocenters. The van der Waals surface area contributed by atoms with Crippen molar-refractivity contribution in [3.05, 3.63) is 39.9 Å². The minimum Gasteiger partial charge on any atom is -0.379 e. The van der Waals surface area contributed by atoms with Crippen LogP contribution in [-0.4, -0.2) is 22.8 Å². The maximum absolute atomic E-state index is 12.5. The summed E-state index contributed by atoms with van der Waals surface area (Å²) in [6.07, 6.45) is 2.55. The van der Waals surface area contributed by atoms with Crippen LogP contribution < -0.4 is 5.56 Å². The molecule has 0 bridgehead atoms. The number of benzene rings is 1. The first-order valence-corrected chi connectivity index (χ1v) is 6.22. The van der Waals surface area contributed by atoms with Gasteiger partial charge in [-0.05, 0) is 37.5 Å². The van der Waals surface area contributed by atoms with E-state index in [-0.39, 0.29) is 11.6 Å². The Hall–Kier alpha value is -1.68. The van der Waals surface area contributed by atoms with Gasteiger partial charge in [-0.2, -0.15) is 0 Å². The van der Waals surface area contributed by atoms with Crippen LogP contribution in [0.15, 0.2) is 23.3 Å². The zero-order chi connectivity index (χ0) is 12.7. The highest BCUT2D eigenvalue weighted by Crippen LogP contribution is 2.19. The van der Waals surface area contributed by atoms with Crippen LogP contribution in [0.25, 0.3) is 10.9 Å². The van der Waals surface area contributed by atoms with Crippen LogP contribution in [0, 0.1) is 13.8 Å². The molecule has 18 heavy (non-hydrogen) atoms. The molecule has 1 aliphatic heterocycles. The highest BCUT2D eigenvalue weighted by atomic mass is 16.5. The fourth-order valence-electron chi connectivity index (χ4n) is 2.61. The molecule has 0 amide bonds. The monoisotopic (exact) mass is 244 g/mol. The van der Waals surface area contributed by atoms with Crippen LogP contribution in [0.5, 0.6) is 0 Å². The zero-order valence-electron chi connectivity index (χ0n) is 10.6. The van der Waals surface area contributed by atoms with E-state index in [0.717, 1.165) is 29.7 Å². The lowest BCUT2D eigenvalue weighted by atomic mass is 10.1. The Morgan fingerprint density at radius 3 is 2.94 bits per heavy atom. The standard InChI is InChI=1S/C14H16N2O2/c1-9-5-10(2)13-12(6-9)14(17)16(8-15-13)11-3-4-18-7-11/h5-6,8,11H,3-4,7H2,1-2H3. The topological polar surface area (TPSA) is 44.1 Å². The van der Waals surface area contributed by atoms with E-state index in [9.17, 15) is 4.79 Å². The fraction of sp³-hybridized carbons (Fsp3) is 0.429. The van der Waals surface area contributed by atoms with E-state index >= 15 is 0 Å². The molecule has 1 unspecified atom stereocenters. The van der Waals surface area contributed by atoms with Crippen LogP contribution in [-0.2, 0) is 4.74 Å². The van der Waals surface area contributed by atoms with Crippen LogP contribution in [0.3, 0.4) is 0 Å². The third kappa shape index (κ3) is 1.73. The van der Waals surface area contributed by atoms with Gasteiger partial charge in [-0.3, -0.25) is 9.36 Å². The number of aryl methyl sites for hydroxylation is 2. The van der Waals surface area contributed by atoms with Crippen molar-refractivity contribution >= 4 is 10.9 Å². The second-order valence-electron chi connectivity index (χ2n) is 4.95. The number of ether oxygens (including phenoxy) is 1. The summed E-state index contributed by atoms with van der Waals surface area (Å²) in [4.78, 5) is 16.9. The van der Waals surface area contributed by atoms with E-state index in [0.29, 0.717) is 12.0 Å². The minimum absolute atomic E-state index is 0.0438. The summed E-state index contributed by atoms with van der Waals surface area (Å²) in [5.74, 6) is 0. The Morgan fingerprint density at radius 2 is 2.22 bits per heavy atom. The highest BCUT2D eigenvalue weighted by molar-refractivity contribution is 5.81. The van der Waals surface area contributed by atoms with Crippen LogP contribution >= 0.6 is 0 Å². The molecule has 0 spiro atoms. The van der Waals surface area contributed by atoms with Crippen molar-refractivity contribution < 1.29 is 4.74 Å². The molecular weight excluding hydrogens is 228 g/mol. The molecular formula is C14H16N2O2. The van der Waals surface area contributed by atoms with E-state index in [1.807, 2.05) is 19.9 Å². The summed E-state index contributed by atoms with van der Waals surface area (Å²) in [5, 5.41) is 0.710. The molecule has 4 nitrogen and oxygen atoms in total. The van der Waals surface area contributed by atoms with Gasteiger partial charge >= 0.3 is 0 Å². The van der Waals surface area contributed by atoms with Crippen molar-refractivity contribution in [1.29, 1.82) is 0 Å². The van der Waals surface area contributed by atoms with Gasteiger partial charge in [0, 0.05) is 6.61 Å². The van der Waals surface area contributed by atoms with Gasteiger partial charge < -0.3 is 4.74 Å². The Morgan fingerprint density at radius 1 is 1.39 bits per heavy atom. The van der Waals surface area contributed by atoms with Crippen LogP contribution in [0.4, 0.5) is 0 Å². The number of rotatable bonds is 1. The molecule has 0 radical (unpaired) electrons. The number of fused-ring (bicyclic) bond motifs is 1. The average Bonchev–Trinajstić information content (AvgIpc) is 2.84. The van der Waals surface area contributed by atoms with Gasteiger partial charge in [-0.25, -0.2) is 4.98 Å². The molecule has 1 aromatic carbocycles. The molecule has 1 fully saturated rings. The molecule has 0 aliphatic carbocycles. The molecule has 0 N–H and O–H groups in total. The molecule has 3 rings (SSSR count). The molecule has 1 aliphatic rings. The summed E-state index contributed by atoms with van der Waals surface area (Å²) in [6, 6.07) is 4.11. The van der Waals surface area contributed by atoms with E-state index in [2.05, 4.69) is 11.1 Å². The second-order valence-corrected chi connectivity index (χ2v) is 4.95. The van der Waals surface area contributed by atoms with Gasteiger partial charge in [0.25, 0.3) is 5.56 Å². The Labute approximate surface area is 105 Å². The van der Waals surface area contributed by atoms with Crippen LogP contribution in [0.2, 0.25) is 0 Å². The first-order valence-electron chi connectivity index (χ1n) is 6.22. The highest BCUT2D eigenvalue weighted by Gasteiger charge is 2.19. The maximum atomic E-state index is 12.5. The third-order valence-corrected chi connectivity index (χ3v) is 3.52. The Bertz CT molecular complexity index is 655. The predicted octanol–water partition coefficient (Wildman–Crippen LogP) is 1.97. The van der Waals surface area contributed by atoms with E-state index in [1.165, 1.54) is 0 Å². The van der Waals surface area contributed by atoms with Crippen molar-refractivity contribution in [1.82, 2.24) is 9.55 Å². The SMILES string of the molecule is Cc1cc(C)c2ncn(C3CCOC3)c(=O)c2c1. The Kier molecular flexibility index (Phi) is 2.67. The first-order chi connectivity index (χ1) is 8.66. The minimum atomic E-state index is 0.0438. The normalized spacial score (nSPS) is 19.6. The van der Waals surface area contributed by atoms with Gasteiger partial charge in [0.05, 0.1) is 29.9 Å². The smallest absolute Gasteiger partial charge is 0.261 e. The number of aromatic nitrogens is 2. The third-order valence-electron chi connectivity index (χ3n) is 3.52. The summed E-state index contributed by atoms with van der Waals surface area (Å²) in [5.41, 5.74) is 3.00. The predicted molar refractivity (Wildman–Crippen MR) is 70.0 cm³/mol. The molecule has 0 saturated carbocycles. The van der Waals surface area contributed by atoms with Crippen LogP contribution in [0.1, 0.15) is 23.6 Å². The lowest BCUT2D eigenvalue weighted by Crippen LogP contribution is -2.25. The molecule has 1 aromatic heterocycles. The van der Waals surface area contributed by atoms with Gasteiger partial charge in [-0.15, -0.1) is 0 Å². The van der Waals surface area contributed by atoms with Crippen molar-refractivity contribution in [2.24, 2.45) is 0 Å². The van der Waals surface area contributed by atoms with E-state index in [4.69, 9.17) is 4.74 Å². The molecule has 2 aromatic rings. The second kappa shape index (κ2) is 4.21. The molecule has 4 heteroatoms. The Balaban J connectivity index is 2.25. The van der Waals surface area contributed by atoms with Gasteiger partial charge in [-0.1, -0.05) is 6.07 Å². The van der Waals surface area contributed by atoms with Crippen molar-refractivity contribution in [2.45, 2.75) is 26.3 Å². The van der Waals surface area contributed by atoms with Crippen molar-refractivity contribution in [2.75, 3.05) is 13.2 Å². The summed E-state index contributed by atoms with van der Waals surface area (Å²) in [6.45, 7) is 5.33. The molecule has 2 heterocycles. The van der Waals surface area contributed by atoms with E-state index in [1.54, 1.807) is 10.9 Å². The lowest BCUT2D eigenvalue weighted by Gasteiger charge is -2.13. The number of hydrogen-bond acceptors (Lipinski definition) is 3. The average molecular weight is 244 g/mol. The van der Waals surface area contributed by atoms with E-state index < -0.39 is 0 Å². The number of hydrogen-bond donors (Lipinski definition) is 0. The zero-order valence-corrected chi connectivity index (χ0v) is 10.6. The van der Waals surface area contributed by atoms with Crippen molar-refractivity contribution in [3.8, 4) is 0 Å². The molecule has 1 saturated heterocycles. The first kappa shape index (κ1) is 11.4. The van der Waals surface area contributed by atoms with Gasteiger partial charge in [0.15, 0.2) is 0 Å². The summed E-state index contributed by atoms with van der Waals surface area (Å²) >= 11 is 0. The van der Waals surface area contributed by atoms with Crippen molar-refractivity contribution in [3.63, 3.8) is 0 Å². The lowest BCUT2D eigenvalue weighted by molar-refractivity contribution is 0.186. The van der Waals surface area contributed by atoms with Gasteiger partial charge in [0.2, 0.25) is 0 Å². The maximum Gasteiger partial charge on any atom is 0.261 e. The summed E-state index contributed by atoms with van der Waals surface area (Å²) < 4.78 is 7.05. The van der Waals surface area contributed by atoms with Gasteiger partial charge in [0.1, 0.15) is 0 Å². The fourth-order valence-corrected chi connectivity index (χ4v) is 2.61. The number of nitrogens with zero attached hydrogens (tertiary/aromatic N) is 2. The largest absolute Gasteiger partial charge is 0.379 e.